The van der Waals surface area contributed by atoms with Crippen molar-refractivity contribution in [3.63, 3.8) is 0 Å². The van der Waals surface area contributed by atoms with E-state index in [1.807, 2.05) is 0 Å². The molecule has 0 aromatic carbocycles. The number of unbranched alkanes of at least 4 members (excludes halogenated alkanes) is 38. The molecule has 6 heteroatoms. The molecule has 0 bridgehead atoms. The maximum absolute atomic E-state index is 12.9. The van der Waals surface area contributed by atoms with Crippen LogP contribution in [0.25, 0.3) is 0 Å². The van der Waals surface area contributed by atoms with Crippen molar-refractivity contribution >= 4 is 17.9 Å². The van der Waals surface area contributed by atoms with Gasteiger partial charge in [0.2, 0.25) is 0 Å². The maximum Gasteiger partial charge on any atom is 0.306 e. The second-order valence-corrected chi connectivity index (χ2v) is 21.7. The van der Waals surface area contributed by atoms with Crippen LogP contribution in [0.2, 0.25) is 0 Å². The van der Waals surface area contributed by atoms with Gasteiger partial charge in [-0.2, -0.15) is 0 Å². The Balaban J connectivity index is 4.39. The van der Waals surface area contributed by atoms with E-state index >= 15 is 0 Å². The fraction of sp³-hybridized carbons (Fsp3) is 0.809. The molecule has 0 radical (unpaired) electrons. The molecule has 0 amide bonds. The fourth-order valence-electron chi connectivity index (χ4n) is 9.36. The van der Waals surface area contributed by atoms with E-state index in [0.717, 1.165) is 89.9 Å². The van der Waals surface area contributed by atoms with E-state index in [-0.39, 0.29) is 31.1 Å². The lowest BCUT2D eigenvalue weighted by molar-refractivity contribution is -0.167. The van der Waals surface area contributed by atoms with Gasteiger partial charge in [0.05, 0.1) is 0 Å². The lowest BCUT2D eigenvalue weighted by Gasteiger charge is -2.18. The first-order chi connectivity index (χ1) is 36.5. The van der Waals surface area contributed by atoms with Crippen molar-refractivity contribution in [1.29, 1.82) is 0 Å². The van der Waals surface area contributed by atoms with Crippen LogP contribution < -0.4 is 0 Å². The summed E-state index contributed by atoms with van der Waals surface area (Å²) < 4.78 is 16.9. The van der Waals surface area contributed by atoms with Gasteiger partial charge in [0.25, 0.3) is 0 Å². The molecule has 430 valence electrons. The number of carbonyl (C=O) groups excluding carboxylic acids is 3. The number of ether oxygens (including phenoxy) is 3. The van der Waals surface area contributed by atoms with Crippen LogP contribution in [0.5, 0.6) is 0 Å². The maximum atomic E-state index is 12.9. The van der Waals surface area contributed by atoms with E-state index in [2.05, 4.69) is 81.5 Å². The van der Waals surface area contributed by atoms with E-state index in [4.69, 9.17) is 14.2 Å². The van der Waals surface area contributed by atoms with Crippen molar-refractivity contribution < 1.29 is 28.6 Å². The van der Waals surface area contributed by atoms with Gasteiger partial charge in [0.15, 0.2) is 6.10 Å². The molecular formula is C68H122O6. The van der Waals surface area contributed by atoms with Gasteiger partial charge >= 0.3 is 17.9 Å². The largest absolute Gasteiger partial charge is 0.462 e. The quantitative estimate of drug-likeness (QED) is 0.0261. The van der Waals surface area contributed by atoms with Crippen LogP contribution in [0.3, 0.4) is 0 Å². The molecule has 0 saturated heterocycles. The average Bonchev–Trinajstić information content (AvgIpc) is 3.40. The van der Waals surface area contributed by atoms with E-state index in [0.29, 0.717) is 19.3 Å². The molecule has 0 saturated carbocycles. The summed E-state index contributed by atoms with van der Waals surface area (Å²) in [6.07, 6.45) is 79.3. The molecule has 0 N–H and O–H groups in total. The zero-order chi connectivity index (χ0) is 53.6. The SMILES string of the molecule is CCCCCC/C=C\C/C=C\CCCCCCCCCC(=O)OC(COC(=O)CCCCCCCC/C=C\C/C=C\C/C=C\CCCCCCC)COC(=O)CCCCCCCCCCCCCCCCCCC. The van der Waals surface area contributed by atoms with Gasteiger partial charge < -0.3 is 14.2 Å². The first kappa shape index (κ1) is 71.1. The summed E-state index contributed by atoms with van der Waals surface area (Å²) in [5.74, 6) is -0.881. The van der Waals surface area contributed by atoms with Gasteiger partial charge in [0, 0.05) is 19.3 Å². The Bertz CT molecular complexity index is 1330. The minimum atomic E-state index is -0.784. The molecule has 0 fully saturated rings. The number of hydrogen-bond acceptors (Lipinski definition) is 6. The summed E-state index contributed by atoms with van der Waals surface area (Å²) in [5.41, 5.74) is 0. The predicted octanol–water partition coefficient (Wildman–Crippen LogP) is 21.9. The standard InChI is InChI=1S/C68H122O6/c1-4-7-10-13-16-19-22-25-28-31-33-34-35-38-40-43-46-49-52-55-58-61-67(70)73-64-65(63-72-66(69)60-57-54-51-48-45-42-39-36-30-27-24-21-18-15-12-9-6-3)74-68(71)62-59-56-53-50-47-44-41-37-32-29-26-23-20-17-14-11-8-5-2/h20,22-23,25,29,31-33,35,38,65H,4-19,21,24,26-28,30,34,36-37,39-64H2,1-3H3/b23-20-,25-22-,32-29-,33-31-,38-35-. The molecule has 0 aromatic rings. The number of carbonyl (C=O) groups is 3. The van der Waals surface area contributed by atoms with Crippen LogP contribution >= 0.6 is 0 Å². The molecule has 1 atom stereocenters. The summed E-state index contributed by atoms with van der Waals surface area (Å²) in [6.45, 7) is 6.64. The van der Waals surface area contributed by atoms with Gasteiger partial charge in [-0.1, -0.05) is 287 Å². The lowest BCUT2D eigenvalue weighted by atomic mass is 10.0. The molecule has 74 heavy (non-hydrogen) atoms. The first-order valence-electron chi connectivity index (χ1n) is 32.3. The van der Waals surface area contributed by atoms with Crippen LogP contribution in [-0.4, -0.2) is 37.2 Å². The number of rotatable bonds is 59. The van der Waals surface area contributed by atoms with E-state index < -0.39 is 6.10 Å². The number of hydrogen-bond donors (Lipinski definition) is 0. The average molecular weight is 1040 g/mol. The van der Waals surface area contributed by atoms with Crippen LogP contribution in [0, 0.1) is 0 Å². The summed E-state index contributed by atoms with van der Waals surface area (Å²) in [6, 6.07) is 0. The van der Waals surface area contributed by atoms with Crippen molar-refractivity contribution in [2.75, 3.05) is 13.2 Å². The van der Waals surface area contributed by atoms with Gasteiger partial charge in [-0.15, -0.1) is 0 Å². The van der Waals surface area contributed by atoms with Crippen molar-refractivity contribution in [3.8, 4) is 0 Å². The predicted molar refractivity (Wildman–Crippen MR) is 321 cm³/mol. The monoisotopic (exact) mass is 1030 g/mol. The highest BCUT2D eigenvalue weighted by atomic mass is 16.6. The molecule has 1 unspecified atom stereocenters. The van der Waals surface area contributed by atoms with E-state index in [1.54, 1.807) is 0 Å². The van der Waals surface area contributed by atoms with Crippen LogP contribution in [0.1, 0.15) is 335 Å². The Morgan fingerprint density at radius 2 is 0.486 bits per heavy atom. The highest BCUT2D eigenvalue weighted by Gasteiger charge is 2.19. The van der Waals surface area contributed by atoms with Gasteiger partial charge in [-0.05, 0) is 89.9 Å². The van der Waals surface area contributed by atoms with Crippen molar-refractivity contribution in [1.82, 2.24) is 0 Å². The molecule has 0 spiro atoms. The smallest absolute Gasteiger partial charge is 0.306 e. The molecule has 0 aliphatic carbocycles. The summed E-state index contributed by atoms with van der Waals surface area (Å²) in [4.78, 5) is 38.3. The number of esters is 3. The minimum Gasteiger partial charge on any atom is -0.462 e. The Kier molecular flexibility index (Phi) is 60.2. The zero-order valence-electron chi connectivity index (χ0n) is 49.4. The molecular weight excluding hydrogens is 913 g/mol. The molecule has 0 rings (SSSR count). The van der Waals surface area contributed by atoms with E-state index in [9.17, 15) is 14.4 Å². The summed E-state index contributed by atoms with van der Waals surface area (Å²) in [7, 11) is 0. The molecule has 0 aromatic heterocycles. The van der Waals surface area contributed by atoms with Crippen LogP contribution in [0.15, 0.2) is 60.8 Å². The Labute approximate surface area is 460 Å². The van der Waals surface area contributed by atoms with E-state index in [1.165, 1.54) is 205 Å². The van der Waals surface area contributed by atoms with Crippen molar-refractivity contribution in [2.45, 2.75) is 341 Å². The number of allylic oxidation sites excluding steroid dienone is 10. The molecule has 0 aliphatic rings. The van der Waals surface area contributed by atoms with Crippen molar-refractivity contribution in [3.05, 3.63) is 60.8 Å². The lowest BCUT2D eigenvalue weighted by Crippen LogP contribution is -2.30. The van der Waals surface area contributed by atoms with Crippen molar-refractivity contribution in [2.24, 2.45) is 0 Å². The van der Waals surface area contributed by atoms with Gasteiger partial charge in [0.1, 0.15) is 13.2 Å². The van der Waals surface area contributed by atoms with Crippen LogP contribution in [0.4, 0.5) is 0 Å². The highest BCUT2D eigenvalue weighted by molar-refractivity contribution is 5.71. The third kappa shape index (κ3) is 60.0. The van der Waals surface area contributed by atoms with Gasteiger partial charge in [-0.3, -0.25) is 14.4 Å². The third-order valence-electron chi connectivity index (χ3n) is 14.2. The second-order valence-electron chi connectivity index (χ2n) is 21.7. The first-order valence-corrected chi connectivity index (χ1v) is 32.3. The second kappa shape index (κ2) is 62.6. The normalized spacial score (nSPS) is 12.4. The molecule has 0 heterocycles. The zero-order valence-corrected chi connectivity index (χ0v) is 49.4. The Morgan fingerprint density at radius 1 is 0.270 bits per heavy atom. The molecule has 6 nitrogen and oxygen atoms in total. The molecule has 0 aliphatic heterocycles. The Hall–Kier alpha value is -2.89. The minimum absolute atomic E-state index is 0.0787. The van der Waals surface area contributed by atoms with Crippen LogP contribution in [-0.2, 0) is 28.6 Å². The third-order valence-corrected chi connectivity index (χ3v) is 14.2. The summed E-state index contributed by atoms with van der Waals surface area (Å²) >= 11 is 0. The van der Waals surface area contributed by atoms with Gasteiger partial charge in [-0.25, -0.2) is 0 Å². The summed E-state index contributed by atoms with van der Waals surface area (Å²) in [5, 5.41) is 0. The fourth-order valence-corrected chi connectivity index (χ4v) is 9.36. The Morgan fingerprint density at radius 3 is 0.770 bits per heavy atom. The highest BCUT2D eigenvalue weighted by Crippen LogP contribution is 2.17. The topological polar surface area (TPSA) is 78.9 Å².